The van der Waals surface area contributed by atoms with Gasteiger partial charge in [-0.2, -0.15) is 0 Å². The highest BCUT2D eigenvalue weighted by atomic mass is 35.5. The maximum atomic E-state index is 12.4. The first-order valence-electron chi connectivity index (χ1n) is 10.4. The van der Waals surface area contributed by atoms with Crippen molar-refractivity contribution < 1.29 is 14.3 Å². The van der Waals surface area contributed by atoms with Gasteiger partial charge in [0.15, 0.2) is 5.84 Å². The van der Waals surface area contributed by atoms with E-state index in [1.165, 1.54) is 11.3 Å². The molecule has 2 amide bonds. The zero-order chi connectivity index (χ0) is 22.8. The van der Waals surface area contributed by atoms with Crippen LogP contribution in [-0.4, -0.2) is 55.1 Å². The Morgan fingerprint density at radius 3 is 2.61 bits per heavy atom. The monoisotopic (exact) mass is 481 g/mol. The summed E-state index contributed by atoms with van der Waals surface area (Å²) in [4.78, 5) is 37.8. The fraction of sp³-hybridized carbons (Fsp3) is 0.217. The van der Waals surface area contributed by atoms with Crippen molar-refractivity contribution in [2.45, 2.75) is 6.10 Å². The van der Waals surface area contributed by atoms with Crippen LogP contribution >= 0.6 is 22.9 Å². The van der Waals surface area contributed by atoms with Gasteiger partial charge in [-0.15, -0.1) is 11.3 Å². The number of hydrogen-bond acceptors (Lipinski definition) is 7. The molecule has 5 rings (SSSR count). The number of hydrogen-bond donors (Lipinski definition) is 1. The van der Waals surface area contributed by atoms with E-state index in [0.717, 1.165) is 29.4 Å². The van der Waals surface area contributed by atoms with Gasteiger partial charge in [0, 0.05) is 24.1 Å². The summed E-state index contributed by atoms with van der Waals surface area (Å²) in [7, 11) is 0. The summed E-state index contributed by atoms with van der Waals surface area (Å²) >= 11 is 7.08. The second kappa shape index (κ2) is 9.21. The average Bonchev–Trinajstić information content (AvgIpc) is 3.58. The number of anilines is 2. The number of benzene rings is 1. The van der Waals surface area contributed by atoms with E-state index in [-0.39, 0.29) is 12.5 Å². The van der Waals surface area contributed by atoms with Crippen LogP contribution in [0.25, 0.3) is 0 Å². The number of cyclic esters (lactones) is 1. The molecule has 0 spiro atoms. The molecule has 2 aromatic heterocycles. The average molecular weight is 482 g/mol. The van der Waals surface area contributed by atoms with Crippen LogP contribution in [0.3, 0.4) is 0 Å². The Bertz CT molecular complexity index is 1200. The third kappa shape index (κ3) is 4.55. The van der Waals surface area contributed by atoms with Crippen molar-refractivity contribution in [3.63, 3.8) is 0 Å². The van der Waals surface area contributed by atoms with Crippen LogP contribution in [0.4, 0.5) is 16.2 Å². The molecule has 1 saturated heterocycles. The van der Waals surface area contributed by atoms with Crippen molar-refractivity contribution in [2.75, 3.05) is 36.0 Å². The fourth-order valence-electron chi connectivity index (χ4n) is 3.79. The second-order valence-electron chi connectivity index (χ2n) is 7.52. The predicted octanol–water partition coefficient (Wildman–Crippen LogP) is 3.82. The van der Waals surface area contributed by atoms with Gasteiger partial charge in [0.05, 0.1) is 28.8 Å². The molecule has 0 aliphatic carbocycles. The first kappa shape index (κ1) is 21.4. The highest BCUT2D eigenvalue weighted by molar-refractivity contribution is 7.18. The Kier molecular flexibility index (Phi) is 5.97. The van der Waals surface area contributed by atoms with Crippen LogP contribution in [0, 0.1) is 0 Å². The van der Waals surface area contributed by atoms with E-state index in [2.05, 4.69) is 20.2 Å². The number of amides is 2. The fourth-order valence-corrected chi connectivity index (χ4v) is 4.75. The lowest BCUT2D eigenvalue weighted by atomic mass is 10.2. The van der Waals surface area contributed by atoms with Crippen molar-refractivity contribution >= 4 is 52.1 Å². The van der Waals surface area contributed by atoms with E-state index >= 15 is 0 Å². The van der Waals surface area contributed by atoms with Crippen molar-refractivity contribution in [2.24, 2.45) is 4.99 Å². The molecule has 0 unspecified atom stereocenters. The van der Waals surface area contributed by atoms with Gasteiger partial charge in [0.1, 0.15) is 11.8 Å². The molecule has 2 aliphatic rings. The van der Waals surface area contributed by atoms with E-state index < -0.39 is 12.2 Å². The highest BCUT2D eigenvalue weighted by Crippen LogP contribution is 2.27. The van der Waals surface area contributed by atoms with E-state index in [1.54, 1.807) is 23.2 Å². The quantitative estimate of drug-likeness (QED) is 0.578. The van der Waals surface area contributed by atoms with Crippen LogP contribution in [0.15, 0.2) is 65.8 Å². The lowest BCUT2D eigenvalue weighted by Gasteiger charge is -2.21. The van der Waals surface area contributed by atoms with Crippen LogP contribution in [0.5, 0.6) is 0 Å². The van der Waals surface area contributed by atoms with Gasteiger partial charge in [0.25, 0.3) is 5.91 Å². The van der Waals surface area contributed by atoms with Gasteiger partial charge in [-0.05, 0) is 48.5 Å². The highest BCUT2D eigenvalue weighted by Gasteiger charge is 2.33. The number of thiophene rings is 1. The lowest BCUT2D eigenvalue weighted by molar-refractivity contribution is 0.0920. The first-order chi connectivity index (χ1) is 16.1. The zero-order valence-electron chi connectivity index (χ0n) is 17.5. The Morgan fingerprint density at radius 1 is 1.12 bits per heavy atom. The summed E-state index contributed by atoms with van der Waals surface area (Å²) < 4.78 is 5.99. The van der Waals surface area contributed by atoms with Gasteiger partial charge in [-0.1, -0.05) is 17.7 Å². The maximum absolute atomic E-state index is 12.4. The molecule has 0 bridgehead atoms. The van der Waals surface area contributed by atoms with Gasteiger partial charge >= 0.3 is 6.09 Å². The number of aromatic nitrogens is 1. The molecule has 1 fully saturated rings. The molecule has 3 aromatic rings. The van der Waals surface area contributed by atoms with Crippen LogP contribution in [-0.2, 0) is 4.74 Å². The van der Waals surface area contributed by atoms with Crippen LogP contribution in [0.1, 0.15) is 15.4 Å². The molecule has 0 saturated carbocycles. The minimum absolute atomic E-state index is 0.229. The summed E-state index contributed by atoms with van der Waals surface area (Å²) in [5, 5.41) is 2.80. The third-order valence-electron chi connectivity index (χ3n) is 5.37. The summed E-state index contributed by atoms with van der Waals surface area (Å²) in [6.07, 6.45) is 0.890. The van der Waals surface area contributed by atoms with Crippen LogP contribution in [0.2, 0.25) is 4.34 Å². The number of ether oxygens (including phenoxy) is 1. The number of pyridine rings is 1. The molecule has 1 aromatic carbocycles. The smallest absolute Gasteiger partial charge is 0.414 e. The van der Waals surface area contributed by atoms with Crippen molar-refractivity contribution in [1.29, 1.82) is 0 Å². The number of nitrogens with zero attached hydrogens (tertiary/aromatic N) is 4. The number of halogens is 1. The molecule has 2 aliphatic heterocycles. The normalized spacial score (nSPS) is 17.8. The second-order valence-corrected chi connectivity index (χ2v) is 9.23. The van der Waals surface area contributed by atoms with Gasteiger partial charge in [-0.3, -0.25) is 19.7 Å². The first-order valence-corrected chi connectivity index (χ1v) is 11.6. The summed E-state index contributed by atoms with van der Waals surface area (Å²) in [6, 6.07) is 16.8. The van der Waals surface area contributed by atoms with Gasteiger partial charge in [-0.25, -0.2) is 4.79 Å². The minimum Gasteiger partial charge on any atom is -0.442 e. The molecular weight excluding hydrogens is 462 g/mol. The molecule has 4 heterocycles. The van der Waals surface area contributed by atoms with E-state index in [4.69, 9.17) is 16.3 Å². The minimum atomic E-state index is -0.432. The maximum Gasteiger partial charge on any atom is 0.414 e. The Balaban J connectivity index is 1.22. The van der Waals surface area contributed by atoms with Crippen LogP contribution < -0.4 is 15.1 Å². The number of rotatable bonds is 6. The Hall–Kier alpha value is -3.43. The third-order valence-corrected chi connectivity index (χ3v) is 6.60. The van der Waals surface area contributed by atoms with Gasteiger partial charge < -0.3 is 15.0 Å². The number of aliphatic imine (C=N–C) groups is 1. The molecule has 33 heavy (non-hydrogen) atoms. The van der Waals surface area contributed by atoms with Crippen molar-refractivity contribution in [3.05, 3.63) is 75.7 Å². The van der Waals surface area contributed by atoms with Crippen molar-refractivity contribution in [3.8, 4) is 0 Å². The number of amidine groups is 1. The lowest BCUT2D eigenvalue weighted by Crippen LogP contribution is -2.34. The molecule has 1 N–H and O–H groups in total. The predicted molar refractivity (Wildman–Crippen MR) is 129 cm³/mol. The van der Waals surface area contributed by atoms with E-state index in [9.17, 15) is 9.59 Å². The Morgan fingerprint density at radius 2 is 1.91 bits per heavy atom. The molecule has 8 nitrogen and oxygen atoms in total. The molecule has 168 valence electrons. The standard InChI is InChI=1S/C23H20ClN5O3S/c24-20-9-8-19(33-20)22(30)27-13-17-14-29(23(31)32-17)16-6-4-15(5-7-16)28-12-11-26-21(28)18-3-1-2-10-25-18/h1-10,17H,11-14H2,(H,27,30)/t17-/m0/s1. The summed E-state index contributed by atoms with van der Waals surface area (Å²) in [6.45, 7) is 2.06. The molecule has 0 radical (unpaired) electrons. The Labute approximate surface area is 199 Å². The summed E-state index contributed by atoms with van der Waals surface area (Å²) in [5.74, 6) is 0.605. The molecule has 1 atom stereocenters. The topological polar surface area (TPSA) is 87.1 Å². The number of nitrogens with one attached hydrogen (secondary N) is 1. The molecule has 10 heteroatoms. The molecular formula is C23H20ClN5O3S. The zero-order valence-corrected chi connectivity index (χ0v) is 19.1. The number of carbonyl (C=O) groups excluding carboxylic acids is 2. The van der Waals surface area contributed by atoms with Crippen molar-refractivity contribution in [1.82, 2.24) is 10.3 Å². The number of carbonyl (C=O) groups is 2. The van der Waals surface area contributed by atoms with E-state index in [0.29, 0.717) is 22.3 Å². The van der Waals surface area contributed by atoms with E-state index in [1.807, 2.05) is 42.5 Å². The summed E-state index contributed by atoms with van der Waals surface area (Å²) in [5.41, 5.74) is 2.54. The SMILES string of the molecule is O=C(NC[C@H]1CN(c2ccc(N3CCN=C3c3ccccn3)cc2)C(=O)O1)c1ccc(Cl)s1. The van der Waals surface area contributed by atoms with Gasteiger partial charge in [0.2, 0.25) is 0 Å². The largest absolute Gasteiger partial charge is 0.442 e.